The molecule has 1 saturated carbocycles. The molecule has 1 amide bonds. The lowest BCUT2D eigenvalue weighted by Crippen LogP contribution is -2.30. The second-order valence-electron chi connectivity index (χ2n) is 4.88. The van der Waals surface area contributed by atoms with E-state index in [0.29, 0.717) is 21.7 Å². The molecule has 3 nitrogen and oxygen atoms in total. The highest BCUT2D eigenvalue weighted by molar-refractivity contribution is 7.17. The largest absolute Gasteiger partial charge is 0.393 e. The molecule has 0 spiro atoms. The molecule has 1 aliphatic carbocycles. The van der Waals surface area contributed by atoms with Crippen molar-refractivity contribution in [1.29, 1.82) is 0 Å². The van der Waals surface area contributed by atoms with E-state index in [9.17, 15) is 9.90 Å². The van der Waals surface area contributed by atoms with Crippen molar-refractivity contribution < 1.29 is 9.90 Å². The minimum atomic E-state index is -0.218. The summed E-state index contributed by atoms with van der Waals surface area (Å²) in [5.74, 6) is 0.835. The Bertz CT molecular complexity index is 447. The lowest BCUT2D eigenvalue weighted by Gasteiger charge is -2.17. The van der Waals surface area contributed by atoms with Crippen molar-refractivity contribution in [3.8, 4) is 0 Å². The summed E-state index contributed by atoms with van der Waals surface area (Å²) in [6.07, 6.45) is 1.72. The molecule has 5 heteroatoms. The van der Waals surface area contributed by atoms with Crippen LogP contribution in [0.3, 0.4) is 0 Å². The Morgan fingerprint density at radius 2 is 2.24 bits per heavy atom. The van der Waals surface area contributed by atoms with Crippen LogP contribution in [0.2, 0.25) is 4.34 Å². The Hall–Kier alpha value is -0.580. The molecule has 0 radical (unpaired) electrons. The van der Waals surface area contributed by atoms with E-state index >= 15 is 0 Å². The molecule has 1 N–H and O–H groups in total. The first-order chi connectivity index (χ1) is 8.15. The first kappa shape index (κ1) is 11.5. The number of amides is 1. The summed E-state index contributed by atoms with van der Waals surface area (Å²) >= 11 is 7.16. The van der Waals surface area contributed by atoms with Gasteiger partial charge in [-0.2, -0.15) is 0 Å². The zero-order chi connectivity index (χ0) is 12.0. The number of halogens is 1. The molecule has 3 atom stereocenters. The number of likely N-dealkylation sites (tertiary alicyclic amines) is 1. The van der Waals surface area contributed by atoms with Gasteiger partial charge in [-0.05, 0) is 30.9 Å². The fourth-order valence-electron chi connectivity index (χ4n) is 2.99. The van der Waals surface area contributed by atoms with Crippen LogP contribution in [0, 0.1) is 11.8 Å². The summed E-state index contributed by atoms with van der Waals surface area (Å²) in [5, 5.41) is 9.82. The summed E-state index contributed by atoms with van der Waals surface area (Å²) in [6.45, 7) is 1.48. The van der Waals surface area contributed by atoms with Crippen molar-refractivity contribution in [3.05, 3.63) is 21.3 Å². The molecule has 0 aromatic carbocycles. The normalized spacial score (nSPS) is 31.9. The van der Waals surface area contributed by atoms with Crippen LogP contribution >= 0.6 is 22.9 Å². The number of aliphatic hydroxyl groups excluding tert-OH is 1. The van der Waals surface area contributed by atoms with E-state index in [1.165, 1.54) is 11.3 Å². The molecule has 1 aromatic rings. The topological polar surface area (TPSA) is 40.5 Å². The molecule has 2 heterocycles. The summed E-state index contributed by atoms with van der Waals surface area (Å²) < 4.78 is 0.646. The van der Waals surface area contributed by atoms with Gasteiger partial charge < -0.3 is 10.0 Å². The molecule has 1 aromatic heterocycles. The first-order valence-electron chi connectivity index (χ1n) is 5.88. The van der Waals surface area contributed by atoms with E-state index in [-0.39, 0.29) is 17.9 Å². The molecular weight excluding hydrogens is 258 g/mol. The van der Waals surface area contributed by atoms with Gasteiger partial charge in [0, 0.05) is 19.0 Å². The van der Waals surface area contributed by atoms with Crippen LogP contribution in [0.4, 0.5) is 0 Å². The highest BCUT2D eigenvalue weighted by Gasteiger charge is 2.43. The fourth-order valence-corrected chi connectivity index (χ4v) is 4.00. The standard InChI is InChI=1S/C12H14ClNO2S/c13-11-4-3-10(17-11)12(16)14-5-7-1-2-9(15)8(7)6-14/h3-4,7-9,15H,1-2,5-6H2. The Morgan fingerprint density at radius 3 is 2.88 bits per heavy atom. The zero-order valence-corrected chi connectivity index (χ0v) is 10.9. The van der Waals surface area contributed by atoms with Gasteiger partial charge in [-0.1, -0.05) is 11.6 Å². The number of hydrogen-bond donors (Lipinski definition) is 1. The van der Waals surface area contributed by atoms with Crippen molar-refractivity contribution >= 4 is 28.8 Å². The van der Waals surface area contributed by atoms with Gasteiger partial charge in [0.1, 0.15) is 0 Å². The molecule has 3 rings (SSSR count). The summed E-state index contributed by atoms with van der Waals surface area (Å²) in [4.78, 5) is 14.8. The zero-order valence-electron chi connectivity index (χ0n) is 9.30. The summed E-state index contributed by atoms with van der Waals surface area (Å²) in [5.41, 5.74) is 0. The third-order valence-electron chi connectivity index (χ3n) is 3.89. The number of hydrogen-bond acceptors (Lipinski definition) is 3. The van der Waals surface area contributed by atoms with Crippen LogP contribution in [0.15, 0.2) is 12.1 Å². The maximum atomic E-state index is 12.2. The van der Waals surface area contributed by atoms with Gasteiger partial charge in [0.05, 0.1) is 15.3 Å². The minimum Gasteiger partial charge on any atom is -0.393 e. The SMILES string of the molecule is O=C(c1ccc(Cl)s1)N1CC2CCC(O)C2C1. The number of thiophene rings is 1. The third-order valence-corrected chi connectivity index (χ3v) is 5.11. The Labute approximate surface area is 109 Å². The number of fused-ring (bicyclic) bond motifs is 1. The number of aliphatic hydroxyl groups is 1. The Kier molecular flexibility index (Phi) is 2.89. The summed E-state index contributed by atoms with van der Waals surface area (Å²) in [6, 6.07) is 3.53. The van der Waals surface area contributed by atoms with Crippen molar-refractivity contribution in [2.45, 2.75) is 18.9 Å². The number of rotatable bonds is 1. The second-order valence-corrected chi connectivity index (χ2v) is 6.60. The molecule has 17 heavy (non-hydrogen) atoms. The van der Waals surface area contributed by atoms with Crippen LogP contribution in [-0.4, -0.2) is 35.1 Å². The smallest absolute Gasteiger partial charge is 0.263 e. The van der Waals surface area contributed by atoms with E-state index < -0.39 is 0 Å². The van der Waals surface area contributed by atoms with E-state index in [4.69, 9.17) is 11.6 Å². The minimum absolute atomic E-state index is 0.0588. The maximum Gasteiger partial charge on any atom is 0.263 e. The van der Waals surface area contributed by atoms with E-state index in [1.807, 2.05) is 4.90 Å². The van der Waals surface area contributed by atoms with Crippen molar-refractivity contribution in [3.63, 3.8) is 0 Å². The molecular formula is C12H14ClNO2S. The van der Waals surface area contributed by atoms with Crippen molar-refractivity contribution in [2.24, 2.45) is 11.8 Å². The molecule has 0 bridgehead atoms. The number of carbonyl (C=O) groups excluding carboxylic acids is 1. The number of nitrogens with zero attached hydrogens (tertiary/aromatic N) is 1. The quantitative estimate of drug-likeness (QED) is 0.851. The maximum absolute atomic E-state index is 12.2. The fraction of sp³-hybridized carbons (Fsp3) is 0.583. The third kappa shape index (κ3) is 1.98. The average Bonchev–Trinajstić information content (AvgIpc) is 2.96. The molecule has 92 valence electrons. The van der Waals surface area contributed by atoms with Gasteiger partial charge in [0.15, 0.2) is 0 Å². The van der Waals surface area contributed by atoms with E-state index in [0.717, 1.165) is 19.4 Å². The lowest BCUT2D eigenvalue weighted by molar-refractivity contribution is 0.0757. The Balaban J connectivity index is 1.73. The van der Waals surface area contributed by atoms with Gasteiger partial charge in [0.2, 0.25) is 0 Å². The predicted octanol–water partition coefficient (Wildman–Crippen LogP) is 2.24. The van der Waals surface area contributed by atoms with Gasteiger partial charge in [-0.3, -0.25) is 4.79 Å². The monoisotopic (exact) mass is 271 g/mol. The van der Waals surface area contributed by atoms with Crippen LogP contribution < -0.4 is 0 Å². The van der Waals surface area contributed by atoms with Crippen LogP contribution in [-0.2, 0) is 0 Å². The second kappa shape index (κ2) is 4.26. The highest BCUT2D eigenvalue weighted by Crippen LogP contribution is 2.39. The molecule has 1 saturated heterocycles. The van der Waals surface area contributed by atoms with Crippen LogP contribution in [0.1, 0.15) is 22.5 Å². The molecule has 1 aliphatic heterocycles. The highest BCUT2D eigenvalue weighted by atomic mass is 35.5. The van der Waals surface area contributed by atoms with E-state index in [2.05, 4.69) is 0 Å². The Morgan fingerprint density at radius 1 is 1.41 bits per heavy atom. The van der Waals surface area contributed by atoms with Gasteiger partial charge in [-0.25, -0.2) is 0 Å². The molecule has 2 aliphatic rings. The average molecular weight is 272 g/mol. The first-order valence-corrected chi connectivity index (χ1v) is 7.07. The van der Waals surface area contributed by atoms with Crippen LogP contribution in [0.5, 0.6) is 0 Å². The lowest BCUT2D eigenvalue weighted by atomic mass is 10.00. The summed E-state index contributed by atoms with van der Waals surface area (Å²) in [7, 11) is 0. The molecule has 2 fully saturated rings. The van der Waals surface area contributed by atoms with Gasteiger partial charge in [0.25, 0.3) is 5.91 Å². The van der Waals surface area contributed by atoms with Crippen molar-refractivity contribution in [2.75, 3.05) is 13.1 Å². The number of carbonyl (C=O) groups is 1. The van der Waals surface area contributed by atoms with E-state index in [1.54, 1.807) is 12.1 Å². The van der Waals surface area contributed by atoms with Crippen LogP contribution in [0.25, 0.3) is 0 Å². The van der Waals surface area contributed by atoms with Crippen molar-refractivity contribution in [1.82, 2.24) is 4.90 Å². The van der Waals surface area contributed by atoms with Gasteiger partial charge in [-0.15, -0.1) is 11.3 Å². The molecule has 3 unspecified atom stereocenters. The predicted molar refractivity (Wildman–Crippen MR) is 67.5 cm³/mol. The van der Waals surface area contributed by atoms with Gasteiger partial charge >= 0.3 is 0 Å².